The highest BCUT2D eigenvalue weighted by Crippen LogP contribution is 2.06. The van der Waals surface area contributed by atoms with Gasteiger partial charge in [0.2, 0.25) is 0 Å². The summed E-state index contributed by atoms with van der Waals surface area (Å²) in [5.74, 6) is -0.720. The van der Waals surface area contributed by atoms with Crippen molar-refractivity contribution >= 4 is 12.1 Å². The number of carboxylic acids is 1. The number of carbonyl (C=O) groups excluding carboxylic acids is 1. The zero-order chi connectivity index (χ0) is 12.2. The van der Waals surface area contributed by atoms with Crippen LogP contribution in [-0.4, -0.2) is 30.8 Å². The Morgan fingerprint density at radius 3 is 2.19 bits per heavy atom. The van der Waals surface area contributed by atoms with Gasteiger partial charge >= 0.3 is 12.1 Å². The van der Waals surface area contributed by atoms with E-state index >= 15 is 0 Å². The Morgan fingerprint density at radius 1 is 1.06 bits per heavy atom. The highest BCUT2D eigenvalue weighted by Gasteiger charge is 1.98. The Hall–Kier alpha value is -1.26. The van der Waals surface area contributed by atoms with Gasteiger partial charge in [-0.25, -0.2) is 4.79 Å². The van der Waals surface area contributed by atoms with Crippen LogP contribution in [0, 0.1) is 0 Å². The van der Waals surface area contributed by atoms with Crippen molar-refractivity contribution in [2.75, 3.05) is 13.7 Å². The molecule has 16 heavy (non-hydrogen) atoms. The summed E-state index contributed by atoms with van der Waals surface area (Å²) in [6, 6.07) is 0. The maximum atomic E-state index is 10.7. The van der Waals surface area contributed by atoms with Crippen LogP contribution in [0.5, 0.6) is 0 Å². The van der Waals surface area contributed by atoms with Crippen LogP contribution >= 0.6 is 0 Å². The highest BCUT2D eigenvalue weighted by atomic mass is 16.5. The third-order valence-corrected chi connectivity index (χ3v) is 2.27. The van der Waals surface area contributed by atoms with E-state index in [9.17, 15) is 9.59 Å². The summed E-state index contributed by atoms with van der Waals surface area (Å²) in [5.41, 5.74) is 0. The molecule has 0 aromatic rings. The lowest BCUT2D eigenvalue weighted by Crippen LogP contribution is -2.23. The molecule has 0 bridgehead atoms. The van der Waals surface area contributed by atoms with Crippen molar-refractivity contribution in [3.63, 3.8) is 0 Å². The van der Waals surface area contributed by atoms with Crippen molar-refractivity contribution < 1.29 is 19.4 Å². The summed E-state index contributed by atoms with van der Waals surface area (Å²) in [6.07, 6.45) is 5.75. The molecule has 94 valence electrons. The van der Waals surface area contributed by atoms with Crippen molar-refractivity contribution in [1.82, 2.24) is 5.32 Å². The predicted molar refractivity (Wildman–Crippen MR) is 60.4 cm³/mol. The van der Waals surface area contributed by atoms with Crippen LogP contribution in [0.15, 0.2) is 0 Å². The number of methoxy groups -OCH3 is 1. The third-order valence-electron chi connectivity index (χ3n) is 2.27. The van der Waals surface area contributed by atoms with Crippen LogP contribution in [0.1, 0.15) is 44.9 Å². The molecule has 0 aliphatic rings. The third kappa shape index (κ3) is 10.8. The maximum absolute atomic E-state index is 10.7. The minimum absolute atomic E-state index is 0.268. The van der Waals surface area contributed by atoms with Gasteiger partial charge in [0.05, 0.1) is 7.11 Å². The molecule has 0 saturated carbocycles. The molecule has 0 spiro atoms. The number of hydrogen-bond acceptors (Lipinski definition) is 3. The number of ether oxygens (including phenoxy) is 1. The zero-order valence-electron chi connectivity index (χ0n) is 9.83. The molecular weight excluding hydrogens is 210 g/mol. The molecule has 0 aliphatic heterocycles. The van der Waals surface area contributed by atoms with Crippen LogP contribution in [0.25, 0.3) is 0 Å². The monoisotopic (exact) mass is 231 g/mol. The number of amides is 1. The average molecular weight is 231 g/mol. The first-order valence-electron chi connectivity index (χ1n) is 5.70. The van der Waals surface area contributed by atoms with Gasteiger partial charge in [-0.1, -0.05) is 25.7 Å². The van der Waals surface area contributed by atoms with Gasteiger partial charge in [0.1, 0.15) is 0 Å². The molecule has 0 aromatic carbocycles. The van der Waals surface area contributed by atoms with E-state index in [0.717, 1.165) is 38.5 Å². The molecule has 0 atom stereocenters. The van der Waals surface area contributed by atoms with Gasteiger partial charge in [-0.15, -0.1) is 0 Å². The first-order chi connectivity index (χ1) is 7.66. The summed E-state index contributed by atoms with van der Waals surface area (Å²) in [5, 5.41) is 11.0. The molecule has 0 aliphatic carbocycles. The Bertz CT molecular complexity index is 206. The second-order valence-electron chi connectivity index (χ2n) is 3.68. The Balaban J connectivity index is 3.04. The molecule has 2 N–H and O–H groups in total. The molecule has 0 saturated heterocycles. The van der Waals surface area contributed by atoms with Crippen molar-refractivity contribution in [3.05, 3.63) is 0 Å². The lowest BCUT2D eigenvalue weighted by atomic mass is 10.1. The Labute approximate surface area is 96.2 Å². The topological polar surface area (TPSA) is 75.6 Å². The number of carbonyl (C=O) groups is 2. The zero-order valence-corrected chi connectivity index (χ0v) is 9.83. The van der Waals surface area contributed by atoms with E-state index in [1.807, 2.05) is 0 Å². The van der Waals surface area contributed by atoms with E-state index < -0.39 is 5.97 Å². The van der Waals surface area contributed by atoms with E-state index in [2.05, 4.69) is 10.1 Å². The molecule has 0 heterocycles. The molecule has 0 unspecified atom stereocenters. The van der Waals surface area contributed by atoms with E-state index in [1.165, 1.54) is 7.11 Å². The van der Waals surface area contributed by atoms with Crippen molar-refractivity contribution in [3.8, 4) is 0 Å². The number of carboxylic acid groups (broad SMARTS) is 1. The van der Waals surface area contributed by atoms with Gasteiger partial charge in [-0.3, -0.25) is 4.79 Å². The standard InChI is InChI=1S/C11H21NO4/c1-16-11(15)12-9-7-5-3-2-4-6-8-10(13)14/h2-9H2,1H3,(H,12,15)(H,13,14). The molecule has 5 heteroatoms. The van der Waals surface area contributed by atoms with Crippen LogP contribution < -0.4 is 5.32 Å². The fourth-order valence-corrected chi connectivity index (χ4v) is 1.37. The lowest BCUT2D eigenvalue weighted by molar-refractivity contribution is -0.137. The van der Waals surface area contributed by atoms with Crippen LogP contribution in [0.4, 0.5) is 4.79 Å². The van der Waals surface area contributed by atoms with Crippen LogP contribution in [-0.2, 0) is 9.53 Å². The summed E-state index contributed by atoms with van der Waals surface area (Å²) < 4.78 is 4.43. The summed E-state index contributed by atoms with van der Waals surface area (Å²) in [6.45, 7) is 0.641. The fourth-order valence-electron chi connectivity index (χ4n) is 1.37. The number of aliphatic carboxylic acids is 1. The largest absolute Gasteiger partial charge is 0.481 e. The lowest BCUT2D eigenvalue weighted by Gasteiger charge is -2.03. The van der Waals surface area contributed by atoms with Crippen molar-refractivity contribution in [1.29, 1.82) is 0 Å². The molecule has 5 nitrogen and oxygen atoms in total. The Morgan fingerprint density at radius 2 is 1.62 bits per heavy atom. The summed E-state index contributed by atoms with van der Waals surface area (Å²) >= 11 is 0. The first-order valence-corrected chi connectivity index (χ1v) is 5.70. The van der Waals surface area contributed by atoms with E-state index in [0.29, 0.717) is 6.54 Å². The average Bonchev–Trinajstić information content (AvgIpc) is 2.26. The van der Waals surface area contributed by atoms with E-state index in [4.69, 9.17) is 5.11 Å². The predicted octanol–water partition coefficient (Wildman–Crippen LogP) is 2.16. The van der Waals surface area contributed by atoms with Gasteiger partial charge in [0, 0.05) is 13.0 Å². The number of alkyl carbamates (subject to hydrolysis) is 1. The van der Waals surface area contributed by atoms with Crippen LogP contribution in [0.3, 0.4) is 0 Å². The molecular formula is C11H21NO4. The minimum atomic E-state index is -0.720. The van der Waals surface area contributed by atoms with Gasteiger partial charge in [0.15, 0.2) is 0 Å². The molecule has 0 radical (unpaired) electrons. The fraction of sp³-hybridized carbons (Fsp3) is 0.818. The SMILES string of the molecule is COC(=O)NCCCCCCCCC(=O)O. The van der Waals surface area contributed by atoms with Crippen LogP contribution in [0.2, 0.25) is 0 Å². The van der Waals surface area contributed by atoms with Gasteiger partial charge in [-0.2, -0.15) is 0 Å². The van der Waals surface area contributed by atoms with Gasteiger partial charge < -0.3 is 15.2 Å². The Kier molecular flexibility index (Phi) is 9.46. The molecule has 0 rings (SSSR count). The van der Waals surface area contributed by atoms with E-state index in [-0.39, 0.29) is 12.5 Å². The van der Waals surface area contributed by atoms with Gasteiger partial charge in [0.25, 0.3) is 0 Å². The molecule has 0 fully saturated rings. The number of hydrogen-bond donors (Lipinski definition) is 2. The summed E-state index contributed by atoms with van der Waals surface area (Å²) in [7, 11) is 1.35. The first kappa shape index (κ1) is 14.7. The number of unbranched alkanes of at least 4 members (excludes halogenated alkanes) is 5. The minimum Gasteiger partial charge on any atom is -0.481 e. The van der Waals surface area contributed by atoms with E-state index in [1.54, 1.807) is 0 Å². The number of rotatable bonds is 9. The second kappa shape index (κ2) is 10.3. The quantitative estimate of drug-likeness (QED) is 0.596. The van der Waals surface area contributed by atoms with Crippen molar-refractivity contribution in [2.45, 2.75) is 44.9 Å². The highest BCUT2D eigenvalue weighted by molar-refractivity contribution is 5.66. The van der Waals surface area contributed by atoms with Gasteiger partial charge in [-0.05, 0) is 12.8 Å². The smallest absolute Gasteiger partial charge is 0.406 e. The second-order valence-corrected chi connectivity index (χ2v) is 3.68. The van der Waals surface area contributed by atoms with Crippen molar-refractivity contribution in [2.24, 2.45) is 0 Å². The maximum Gasteiger partial charge on any atom is 0.406 e. The normalized spacial score (nSPS) is 9.81. The molecule has 0 aromatic heterocycles. The molecule has 1 amide bonds. The number of nitrogens with one attached hydrogen (secondary N) is 1. The summed E-state index contributed by atoms with van der Waals surface area (Å²) in [4.78, 5) is 20.9.